The predicted molar refractivity (Wildman–Crippen MR) is 65.0 cm³/mol. The topological polar surface area (TPSA) is 15.3 Å². The lowest BCUT2D eigenvalue weighted by atomic mass is 9.93. The van der Waals surface area contributed by atoms with Crippen molar-refractivity contribution in [3.05, 3.63) is 0 Å². The average molecular weight is 210 g/mol. The second-order valence-corrected chi connectivity index (χ2v) is 5.83. The van der Waals surface area contributed by atoms with Crippen LogP contribution in [0.2, 0.25) is 0 Å². The molecule has 0 aromatic carbocycles. The largest absolute Gasteiger partial charge is 0.310 e. The van der Waals surface area contributed by atoms with Gasteiger partial charge in [0, 0.05) is 18.6 Å². The van der Waals surface area contributed by atoms with Gasteiger partial charge in [-0.15, -0.1) is 0 Å². The van der Waals surface area contributed by atoms with E-state index in [-0.39, 0.29) is 0 Å². The molecule has 0 aromatic rings. The van der Waals surface area contributed by atoms with Gasteiger partial charge in [-0.05, 0) is 51.1 Å². The summed E-state index contributed by atoms with van der Waals surface area (Å²) in [5.41, 5.74) is 0.437. The molecule has 2 rings (SSSR count). The number of hydrogen-bond donors (Lipinski definition) is 1. The Kier molecular flexibility index (Phi) is 3.36. The van der Waals surface area contributed by atoms with Gasteiger partial charge < -0.3 is 10.2 Å². The zero-order valence-electron chi connectivity index (χ0n) is 10.6. The lowest BCUT2D eigenvalue weighted by molar-refractivity contribution is 0.211. The molecule has 0 radical (unpaired) electrons. The molecule has 0 bridgehead atoms. The molecule has 0 amide bonds. The molecular formula is C13H26N2. The van der Waals surface area contributed by atoms with E-state index in [9.17, 15) is 0 Å². The van der Waals surface area contributed by atoms with Crippen molar-refractivity contribution < 1.29 is 0 Å². The summed E-state index contributed by atoms with van der Waals surface area (Å²) in [6.45, 7) is 8.48. The van der Waals surface area contributed by atoms with E-state index in [4.69, 9.17) is 0 Å². The van der Waals surface area contributed by atoms with Crippen LogP contribution in [0.1, 0.15) is 39.5 Å². The van der Waals surface area contributed by atoms with Crippen molar-refractivity contribution in [2.45, 2.75) is 45.1 Å². The third-order valence-corrected chi connectivity index (χ3v) is 4.40. The highest BCUT2D eigenvalue weighted by Gasteiger charge is 2.36. The maximum atomic E-state index is 3.71. The molecule has 1 saturated carbocycles. The van der Waals surface area contributed by atoms with E-state index in [1.165, 1.54) is 45.3 Å². The van der Waals surface area contributed by atoms with Gasteiger partial charge in [0.2, 0.25) is 0 Å². The van der Waals surface area contributed by atoms with Gasteiger partial charge in [0.25, 0.3) is 0 Å². The van der Waals surface area contributed by atoms with Crippen LogP contribution in [-0.2, 0) is 0 Å². The van der Waals surface area contributed by atoms with Crippen LogP contribution >= 0.6 is 0 Å². The third kappa shape index (κ3) is 2.73. The van der Waals surface area contributed by atoms with Crippen molar-refractivity contribution in [1.82, 2.24) is 10.2 Å². The third-order valence-electron chi connectivity index (χ3n) is 4.40. The molecule has 2 heteroatoms. The zero-order chi connectivity index (χ0) is 10.9. The highest BCUT2D eigenvalue weighted by molar-refractivity contribution is 4.95. The number of hydrogen-bond acceptors (Lipinski definition) is 2. The van der Waals surface area contributed by atoms with Crippen LogP contribution in [0.15, 0.2) is 0 Å². The zero-order valence-corrected chi connectivity index (χ0v) is 10.6. The fourth-order valence-electron chi connectivity index (χ4n) is 3.05. The van der Waals surface area contributed by atoms with Gasteiger partial charge in [-0.3, -0.25) is 0 Å². The monoisotopic (exact) mass is 210 g/mol. The smallest absolute Gasteiger partial charge is 0.0306 e. The van der Waals surface area contributed by atoms with Crippen LogP contribution in [-0.4, -0.2) is 37.1 Å². The molecule has 0 aromatic heterocycles. The van der Waals surface area contributed by atoms with Gasteiger partial charge in [0.05, 0.1) is 0 Å². The van der Waals surface area contributed by atoms with Crippen molar-refractivity contribution >= 4 is 0 Å². The SMILES string of the molecule is CCC1(CN(C)CC2CC2C)CCCN1. The van der Waals surface area contributed by atoms with E-state index in [0.717, 1.165) is 11.8 Å². The van der Waals surface area contributed by atoms with Crippen molar-refractivity contribution in [1.29, 1.82) is 0 Å². The molecule has 1 N–H and O–H groups in total. The van der Waals surface area contributed by atoms with E-state index >= 15 is 0 Å². The Hall–Kier alpha value is -0.0800. The minimum Gasteiger partial charge on any atom is -0.310 e. The lowest BCUT2D eigenvalue weighted by Crippen LogP contribution is -2.48. The highest BCUT2D eigenvalue weighted by Crippen LogP contribution is 2.38. The summed E-state index contributed by atoms with van der Waals surface area (Å²) in [5.74, 6) is 1.98. The first kappa shape index (κ1) is 11.4. The molecule has 0 spiro atoms. The first-order valence-corrected chi connectivity index (χ1v) is 6.59. The maximum Gasteiger partial charge on any atom is 0.0306 e. The summed E-state index contributed by atoms with van der Waals surface area (Å²) in [7, 11) is 2.29. The standard InChI is InChI=1S/C13H26N2/c1-4-13(6-5-7-14-13)10-15(3)9-12-8-11(12)2/h11-12,14H,4-10H2,1-3H3. The maximum absolute atomic E-state index is 3.71. The molecule has 3 atom stereocenters. The fourth-order valence-corrected chi connectivity index (χ4v) is 3.05. The quantitative estimate of drug-likeness (QED) is 0.747. The van der Waals surface area contributed by atoms with Gasteiger partial charge >= 0.3 is 0 Å². The van der Waals surface area contributed by atoms with Gasteiger partial charge in [0.15, 0.2) is 0 Å². The molecule has 2 fully saturated rings. The van der Waals surface area contributed by atoms with Gasteiger partial charge in [-0.1, -0.05) is 13.8 Å². The van der Waals surface area contributed by atoms with E-state index in [1.807, 2.05) is 0 Å². The minimum atomic E-state index is 0.437. The minimum absolute atomic E-state index is 0.437. The second kappa shape index (κ2) is 4.42. The van der Waals surface area contributed by atoms with Crippen molar-refractivity contribution in [3.8, 4) is 0 Å². The Bertz CT molecular complexity index is 209. The van der Waals surface area contributed by atoms with Crippen molar-refractivity contribution in [2.75, 3.05) is 26.7 Å². The molecule has 88 valence electrons. The Morgan fingerprint density at radius 3 is 2.67 bits per heavy atom. The Labute approximate surface area is 94.4 Å². The fraction of sp³-hybridized carbons (Fsp3) is 1.00. The van der Waals surface area contributed by atoms with E-state index in [0.29, 0.717) is 5.54 Å². The molecule has 2 nitrogen and oxygen atoms in total. The van der Waals surface area contributed by atoms with Gasteiger partial charge in [0.1, 0.15) is 0 Å². The molecule has 3 unspecified atom stereocenters. The normalized spacial score (nSPS) is 40.0. The van der Waals surface area contributed by atoms with E-state index < -0.39 is 0 Å². The first-order chi connectivity index (χ1) is 7.15. The number of rotatable bonds is 5. The van der Waals surface area contributed by atoms with Crippen molar-refractivity contribution in [3.63, 3.8) is 0 Å². The Balaban J connectivity index is 1.78. The number of nitrogens with zero attached hydrogens (tertiary/aromatic N) is 1. The molecule has 1 aliphatic heterocycles. The molecule has 1 heterocycles. The predicted octanol–water partition coefficient (Wildman–Crippen LogP) is 2.11. The van der Waals surface area contributed by atoms with Crippen LogP contribution in [0.5, 0.6) is 0 Å². The molecule has 1 saturated heterocycles. The molecule has 1 aliphatic carbocycles. The summed E-state index contributed by atoms with van der Waals surface area (Å²) in [4.78, 5) is 2.55. The summed E-state index contributed by atoms with van der Waals surface area (Å²) < 4.78 is 0. The summed E-state index contributed by atoms with van der Waals surface area (Å²) in [6.07, 6.45) is 5.46. The lowest BCUT2D eigenvalue weighted by Gasteiger charge is -2.33. The van der Waals surface area contributed by atoms with Crippen LogP contribution in [0.25, 0.3) is 0 Å². The second-order valence-electron chi connectivity index (χ2n) is 5.83. The first-order valence-electron chi connectivity index (χ1n) is 6.59. The average Bonchev–Trinajstić information content (AvgIpc) is 2.71. The summed E-state index contributed by atoms with van der Waals surface area (Å²) >= 11 is 0. The highest BCUT2D eigenvalue weighted by atomic mass is 15.2. The Morgan fingerprint density at radius 2 is 2.20 bits per heavy atom. The van der Waals surface area contributed by atoms with E-state index in [1.54, 1.807) is 0 Å². The molecule has 15 heavy (non-hydrogen) atoms. The number of nitrogens with one attached hydrogen (secondary N) is 1. The molecular weight excluding hydrogens is 184 g/mol. The van der Waals surface area contributed by atoms with Crippen LogP contribution in [0.3, 0.4) is 0 Å². The number of likely N-dealkylation sites (N-methyl/N-ethyl adjacent to an activating group) is 1. The van der Waals surface area contributed by atoms with Gasteiger partial charge in [-0.25, -0.2) is 0 Å². The molecule has 2 aliphatic rings. The van der Waals surface area contributed by atoms with Crippen molar-refractivity contribution in [2.24, 2.45) is 11.8 Å². The van der Waals surface area contributed by atoms with Crippen LogP contribution in [0, 0.1) is 11.8 Å². The van der Waals surface area contributed by atoms with E-state index in [2.05, 4.69) is 31.1 Å². The Morgan fingerprint density at radius 1 is 1.47 bits per heavy atom. The van der Waals surface area contributed by atoms with Gasteiger partial charge in [-0.2, -0.15) is 0 Å². The summed E-state index contributed by atoms with van der Waals surface area (Å²) in [5, 5.41) is 3.71. The van der Waals surface area contributed by atoms with Crippen LogP contribution in [0.4, 0.5) is 0 Å². The van der Waals surface area contributed by atoms with Crippen LogP contribution < -0.4 is 5.32 Å². The summed E-state index contributed by atoms with van der Waals surface area (Å²) in [6, 6.07) is 0.